The van der Waals surface area contributed by atoms with E-state index in [0.29, 0.717) is 5.92 Å². The summed E-state index contributed by atoms with van der Waals surface area (Å²) in [6, 6.07) is 0. The average molecular weight is 386 g/mol. The van der Waals surface area contributed by atoms with Crippen molar-refractivity contribution in [2.24, 2.45) is 35.9 Å². The number of amides is 1. The number of hydrazone groups is 1. The van der Waals surface area contributed by atoms with Gasteiger partial charge in [0, 0.05) is 25.2 Å². The van der Waals surface area contributed by atoms with Gasteiger partial charge in [-0.1, -0.05) is 20.8 Å². The van der Waals surface area contributed by atoms with Gasteiger partial charge in [-0.25, -0.2) is 15.2 Å². The minimum absolute atomic E-state index is 0.0148. The van der Waals surface area contributed by atoms with Crippen LogP contribution in [0.5, 0.6) is 0 Å². The first-order chi connectivity index (χ1) is 13.1. The van der Waals surface area contributed by atoms with Gasteiger partial charge in [0.2, 0.25) is 0 Å². The normalized spacial score (nSPS) is 27.0. The van der Waals surface area contributed by atoms with Crippen LogP contribution in [0.25, 0.3) is 11.2 Å². The second-order valence-corrected chi connectivity index (χ2v) is 8.84. The molecule has 0 spiro atoms. The van der Waals surface area contributed by atoms with Gasteiger partial charge in [-0.3, -0.25) is 18.7 Å². The molecule has 150 valence electrons. The Morgan fingerprint density at radius 3 is 2.61 bits per heavy atom. The Labute approximate surface area is 162 Å². The molecule has 1 N–H and O–H groups in total. The van der Waals surface area contributed by atoms with Gasteiger partial charge in [-0.05, 0) is 30.6 Å². The highest BCUT2D eigenvalue weighted by molar-refractivity contribution is 5.95. The zero-order valence-corrected chi connectivity index (χ0v) is 16.9. The number of hydrogen-bond donors (Lipinski definition) is 1. The second-order valence-electron chi connectivity index (χ2n) is 8.84. The molecule has 4 rings (SSSR count). The summed E-state index contributed by atoms with van der Waals surface area (Å²) in [6.07, 6.45) is 4.62. The minimum atomic E-state index is -0.475. The first kappa shape index (κ1) is 18.6. The number of hydrogen-bond acceptors (Lipinski definition) is 5. The van der Waals surface area contributed by atoms with Gasteiger partial charge in [0.25, 0.3) is 11.5 Å². The Bertz CT molecular complexity index is 1130. The van der Waals surface area contributed by atoms with Gasteiger partial charge >= 0.3 is 5.69 Å². The summed E-state index contributed by atoms with van der Waals surface area (Å²) in [5.41, 5.74) is 3.47. The molecule has 2 atom stereocenters. The summed E-state index contributed by atoms with van der Waals surface area (Å²) >= 11 is 0. The van der Waals surface area contributed by atoms with E-state index in [1.165, 1.54) is 28.9 Å². The molecule has 2 aliphatic rings. The Hall–Kier alpha value is -2.71. The molecule has 9 nitrogen and oxygen atoms in total. The lowest BCUT2D eigenvalue weighted by atomic mass is 9.70. The van der Waals surface area contributed by atoms with Crippen LogP contribution in [0.2, 0.25) is 0 Å². The topological polar surface area (TPSA) is 103 Å². The lowest BCUT2D eigenvalue weighted by Crippen LogP contribution is -2.38. The number of aromatic nitrogens is 4. The summed E-state index contributed by atoms with van der Waals surface area (Å²) in [4.78, 5) is 41.1. The zero-order chi connectivity index (χ0) is 20.4. The number of nitrogens with zero attached hydrogens (tertiary/aromatic N) is 5. The van der Waals surface area contributed by atoms with Crippen molar-refractivity contribution in [3.63, 3.8) is 0 Å². The Morgan fingerprint density at radius 2 is 2.00 bits per heavy atom. The van der Waals surface area contributed by atoms with Crippen molar-refractivity contribution in [2.75, 3.05) is 0 Å². The molecule has 9 heteroatoms. The standard InChI is InChI=1S/C19H26N6O3/c1-18(2)11-6-7-19(18,3)12(8-11)21-22-13(26)9-25-10-20-15-14(25)16(27)24(5)17(28)23(15)4/h10-11H,6-9H2,1-5H3,(H,22,26)/b21-12-. The molecule has 28 heavy (non-hydrogen) atoms. The molecule has 2 unspecified atom stereocenters. The number of aryl methyl sites for hydroxylation is 1. The van der Waals surface area contributed by atoms with Crippen molar-refractivity contribution in [3.05, 3.63) is 27.2 Å². The maximum absolute atomic E-state index is 12.5. The molecule has 2 aromatic heterocycles. The van der Waals surface area contributed by atoms with E-state index in [4.69, 9.17) is 0 Å². The van der Waals surface area contributed by atoms with E-state index in [2.05, 4.69) is 36.3 Å². The van der Waals surface area contributed by atoms with Crippen LogP contribution in [-0.4, -0.2) is 30.3 Å². The van der Waals surface area contributed by atoms with Crippen molar-refractivity contribution >= 4 is 22.8 Å². The van der Waals surface area contributed by atoms with Crippen LogP contribution in [0.4, 0.5) is 0 Å². The van der Waals surface area contributed by atoms with E-state index < -0.39 is 11.2 Å². The second kappa shape index (κ2) is 5.89. The Balaban J connectivity index is 1.58. The maximum Gasteiger partial charge on any atom is 0.332 e. The zero-order valence-electron chi connectivity index (χ0n) is 16.9. The van der Waals surface area contributed by atoms with Crippen molar-refractivity contribution in [2.45, 2.75) is 46.6 Å². The van der Waals surface area contributed by atoms with Gasteiger partial charge < -0.3 is 4.57 Å². The van der Waals surface area contributed by atoms with Gasteiger partial charge in [-0.15, -0.1) is 0 Å². The number of nitrogens with one attached hydrogen (secondary N) is 1. The van der Waals surface area contributed by atoms with Crippen molar-refractivity contribution < 1.29 is 4.79 Å². The van der Waals surface area contributed by atoms with Crippen molar-refractivity contribution in [1.29, 1.82) is 0 Å². The van der Waals surface area contributed by atoms with Crippen molar-refractivity contribution in [1.82, 2.24) is 24.1 Å². The molecular weight excluding hydrogens is 360 g/mol. The van der Waals surface area contributed by atoms with E-state index >= 15 is 0 Å². The predicted molar refractivity (Wildman–Crippen MR) is 105 cm³/mol. The molecule has 2 aromatic rings. The Morgan fingerprint density at radius 1 is 1.29 bits per heavy atom. The summed E-state index contributed by atoms with van der Waals surface area (Å²) < 4.78 is 3.76. The molecular formula is C19H26N6O3. The fourth-order valence-electron chi connectivity index (χ4n) is 4.93. The van der Waals surface area contributed by atoms with Gasteiger partial charge in [0.05, 0.1) is 6.33 Å². The van der Waals surface area contributed by atoms with E-state index in [1.54, 1.807) is 7.05 Å². The summed E-state index contributed by atoms with van der Waals surface area (Å²) in [5, 5.41) is 4.45. The summed E-state index contributed by atoms with van der Waals surface area (Å²) in [5.74, 6) is 0.280. The fraction of sp³-hybridized carbons (Fsp3) is 0.632. The molecule has 2 heterocycles. The lowest BCUT2D eigenvalue weighted by molar-refractivity contribution is -0.121. The summed E-state index contributed by atoms with van der Waals surface area (Å²) in [6.45, 7) is 6.71. The van der Waals surface area contributed by atoms with Gasteiger partial charge in [0.15, 0.2) is 11.2 Å². The number of carbonyl (C=O) groups excluding carboxylic acids is 1. The Kier molecular flexibility index (Phi) is 3.92. The number of fused-ring (bicyclic) bond motifs is 3. The minimum Gasteiger partial charge on any atom is -0.315 e. The van der Waals surface area contributed by atoms with Gasteiger partial charge in [-0.2, -0.15) is 5.10 Å². The molecule has 2 fully saturated rings. The average Bonchev–Trinajstić information content (AvgIpc) is 3.22. The highest BCUT2D eigenvalue weighted by atomic mass is 16.2. The summed E-state index contributed by atoms with van der Waals surface area (Å²) in [7, 11) is 2.95. The molecule has 0 radical (unpaired) electrons. The highest BCUT2D eigenvalue weighted by Crippen LogP contribution is 2.63. The molecule has 2 aliphatic carbocycles. The quantitative estimate of drug-likeness (QED) is 0.786. The molecule has 0 aromatic carbocycles. The van der Waals surface area contributed by atoms with Crippen LogP contribution in [0, 0.1) is 16.7 Å². The molecule has 0 saturated heterocycles. The first-order valence-corrected chi connectivity index (χ1v) is 9.54. The third kappa shape index (κ3) is 2.34. The van der Waals surface area contributed by atoms with E-state index in [-0.39, 0.29) is 34.4 Å². The lowest BCUT2D eigenvalue weighted by Gasteiger charge is -2.34. The van der Waals surface area contributed by atoms with Crippen LogP contribution in [0.1, 0.15) is 40.0 Å². The van der Waals surface area contributed by atoms with Crippen LogP contribution < -0.4 is 16.7 Å². The smallest absolute Gasteiger partial charge is 0.315 e. The number of rotatable bonds is 3. The van der Waals surface area contributed by atoms with E-state index in [1.807, 2.05) is 0 Å². The van der Waals surface area contributed by atoms with E-state index in [0.717, 1.165) is 23.1 Å². The van der Waals surface area contributed by atoms with Crippen LogP contribution in [0.15, 0.2) is 21.0 Å². The first-order valence-electron chi connectivity index (χ1n) is 9.54. The third-order valence-corrected chi connectivity index (χ3v) is 7.36. The highest BCUT2D eigenvalue weighted by Gasteiger charge is 2.60. The predicted octanol–water partition coefficient (Wildman–Crippen LogP) is 0.752. The van der Waals surface area contributed by atoms with Crippen LogP contribution in [0.3, 0.4) is 0 Å². The monoisotopic (exact) mass is 386 g/mol. The number of imidazole rings is 1. The van der Waals surface area contributed by atoms with Gasteiger partial charge in [0.1, 0.15) is 6.54 Å². The molecule has 2 saturated carbocycles. The third-order valence-electron chi connectivity index (χ3n) is 7.36. The maximum atomic E-state index is 12.5. The van der Waals surface area contributed by atoms with Crippen LogP contribution >= 0.6 is 0 Å². The van der Waals surface area contributed by atoms with Crippen molar-refractivity contribution in [3.8, 4) is 0 Å². The fourth-order valence-corrected chi connectivity index (χ4v) is 4.93. The van der Waals surface area contributed by atoms with Crippen LogP contribution in [-0.2, 0) is 25.4 Å². The molecule has 1 amide bonds. The molecule has 0 aliphatic heterocycles. The molecule has 2 bridgehead atoms. The SMILES string of the molecule is Cn1c(=O)c2c(ncn2CC(=O)N/N=C2/CC3CCC2(C)C3(C)C)n(C)c1=O. The number of carbonyl (C=O) groups is 1. The largest absolute Gasteiger partial charge is 0.332 e. The van der Waals surface area contributed by atoms with E-state index in [9.17, 15) is 14.4 Å².